The molecule has 0 saturated carbocycles. The quantitative estimate of drug-likeness (QED) is 0.328. The summed E-state index contributed by atoms with van der Waals surface area (Å²) in [4.78, 5) is 11.4. The summed E-state index contributed by atoms with van der Waals surface area (Å²) in [6.07, 6.45) is 18.5. The van der Waals surface area contributed by atoms with E-state index in [0.717, 1.165) is 38.5 Å². The highest BCUT2D eigenvalue weighted by Gasteiger charge is 2.26. The van der Waals surface area contributed by atoms with E-state index in [0.29, 0.717) is 11.7 Å². The summed E-state index contributed by atoms with van der Waals surface area (Å²) < 4.78 is 10.2. The standard InChI is InChI=1S/C25H34O4/c1-18(8-5-9-19(2)11-7-13-22-14-15-28-17-22)10-6-12-20(3)16-23-24(26)21(4)25(27)29-23/h5,8-9,14-18,20,26H,6-7,10-13H2,1-4H3/b8-5+,19-9+,23-16-/t18-,20-/m0/s1. The van der Waals surface area contributed by atoms with Crippen LogP contribution in [-0.4, -0.2) is 11.1 Å². The van der Waals surface area contributed by atoms with Crippen molar-refractivity contribution in [3.63, 3.8) is 0 Å². The molecule has 4 heteroatoms. The van der Waals surface area contributed by atoms with Gasteiger partial charge in [-0.25, -0.2) is 4.79 Å². The second-order valence-electron chi connectivity index (χ2n) is 8.16. The van der Waals surface area contributed by atoms with Crippen LogP contribution in [-0.2, 0) is 16.0 Å². The second kappa shape index (κ2) is 11.5. The lowest BCUT2D eigenvalue weighted by molar-refractivity contribution is -0.133. The first-order valence-corrected chi connectivity index (χ1v) is 10.6. The molecule has 0 radical (unpaired) electrons. The largest absolute Gasteiger partial charge is 0.504 e. The molecular formula is C25H34O4. The molecule has 0 aromatic carbocycles. The lowest BCUT2D eigenvalue weighted by Crippen LogP contribution is -1.98. The number of carbonyl (C=O) groups excluding carboxylic acids is 1. The van der Waals surface area contributed by atoms with Crippen molar-refractivity contribution >= 4 is 5.97 Å². The molecule has 1 aliphatic heterocycles. The number of esters is 1. The molecule has 1 aromatic rings. The number of hydrogen-bond acceptors (Lipinski definition) is 4. The zero-order valence-electron chi connectivity index (χ0n) is 18.1. The fourth-order valence-electron chi connectivity index (χ4n) is 3.32. The van der Waals surface area contributed by atoms with Crippen molar-refractivity contribution in [2.24, 2.45) is 11.8 Å². The Balaban J connectivity index is 1.64. The van der Waals surface area contributed by atoms with Crippen molar-refractivity contribution < 1.29 is 19.1 Å². The lowest BCUT2D eigenvalue weighted by atomic mass is 9.97. The number of carbonyl (C=O) groups is 1. The Morgan fingerprint density at radius 3 is 2.62 bits per heavy atom. The monoisotopic (exact) mass is 398 g/mol. The Morgan fingerprint density at radius 2 is 1.97 bits per heavy atom. The second-order valence-corrected chi connectivity index (χ2v) is 8.16. The fourth-order valence-corrected chi connectivity index (χ4v) is 3.32. The smallest absolute Gasteiger partial charge is 0.343 e. The normalized spacial score (nSPS) is 18.7. The van der Waals surface area contributed by atoms with Crippen LogP contribution in [0, 0.1) is 11.8 Å². The summed E-state index contributed by atoms with van der Waals surface area (Å²) in [7, 11) is 0. The number of aryl methyl sites for hydroxylation is 1. The summed E-state index contributed by atoms with van der Waals surface area (Å²) in [5.74, 6) is 0.597. The zero-order valence-corrected chi connectivity index (χ0v) is 18.1. The first kappa shape index (κ1) is 22.8. The Bertz CT molecular complexity index is 778. The number of aliphatic hydroxyl groups excluding tert-OH is 1. The fraction of sp³-hybridized carbons (Fsp3) is 0.480. The molecule has 0 amide bonds. The highest BCUT2D eigenvalue weighted by molar-refractivity contribution is 5.93. The van der Waals surface area contributed by atoms with Crippen molar-refractivity contribution in [3.05, 3.63) is 71.1 Å². The number of furan rings is 1. The Hall–Kier alpha value is -2.49. The maximum Gasteiger partial charge on any atom is 0.343 e. The number of aliphatic hydroxyl groups is 1. The van der Waals surface area contributed by atoms with E-state index in [1.807, 2.05) is 18.4 Å². The Morgan fingerprint density at radius 1 is 1.21 bits per heavy atom. The van der Waals surface area contributed by atoms with Gasteiger partial charge in [0.15, 0.2) is 11.5 Å². The molecule has 0 saturated heterocycles. The molecule has 0 aliphatic carbocycles. The van der Waals surface area contributed by atoms with Crippen LogP contribution >= 0.6 is 0 Å². The molecule has 1 aromatic heterocycles. The summed E-state index contributed by atoms with van der Waals surface area (Å²) in [6, 6.07) is 2.03. The van der Waals surface area contributed by atoms with Gasteiger partial charge in [0.25, 0.3) is 0 Å². The molecule has 0 unspecified atom stereocenters. The minimum Gasteiger partial charge on any atom is -0.504 e. The van der Waals surface area contributed by atoms with Gasteiger partial charge in [-0.3, -0.25) is 0 Å². The number of rotatable bonds is 11. The van der Waals surface area contributed by atoms with Gasteiger partial charge in [0, 0.05) is 0 Å². The number of hydrogen-bond donors (Lipinski definition) is 1. The van der Waals surface area contributed by atoms with Crippen LogP contribution in [0.5, 0.6) is 0 Å². The van der Waals surface area contributed by atoms with Crippen molar-refractivity contribution in [1.82, 2.24) is 0 Å². The van der Waals surface area contributed by atoms with Crippen LogP contribution < -0.4 is 0 Å². The average molecular weight is 399 g/mol. The molecule has 2 atom stereocenters. The molecule has 1 aliphatic rings. The topological polar surface area (TPSA) is 59.7 Å². The SMILES string of the molecule is CC1=C(O)/C(=C/[C@@H](C)CCC[C@@H](C)/C=C/C=C(\C)CCCc2ccoc2)OC1=O. The van der Waals surface area contributed by atoms with E-state index in [4.69, 9.17) is 9.15 Å². The zero-order chi connectivity index (χ0) is 21.2. The predicted molar refractivity (Wildman–Crippen MR) is 116 cm³/mol. The summed E-state index contributed by atoms with van der Waals surface area (Å²) in [5, 5.41) is 9.88. The van der Waals surface area contributed by atoms with E-state index in [-0.39, 0.29) is 17.3 Å². The molecule has 0 fully saturated rings. The molecule has 29 heavy (non-hydrogen) atoms. The van der Waals surface area contributed by atoms with Crippen LogP contribution in [0.3, 0.4) is 0 Å². The maximum absolute atomic E-state index is 11.4. The van der Waals surface area contributed by atoms with Crippen molar-refractivity contribution in [1.29, 1.82) is 0 Å². The predicted octanol–water partition coefficient (Wildman–Crippen LogP) is 6.82. The first-order chi connectivity index (χ1) is 13.9. The number of cyclic esters (lactones) is 1. The van der Waals surface area contributed by atoms with E-state index in [1.165, 1.54) is 11.1 Å². The third kappa shape index (κ3) is 7.80. The lowest BCUT2D eigenvalue weighted by Gasteiger charge is -2.10. The van der Waals surface area contributed by atoms with Crippen molar-refractivity contribution in [2.75, 3.05) is 0 Å². The average Bonchev–Trinajstić information content (AvgIpc) is 3.27. The third-order valence-electron chi connectivity index (χ3n) is 5.29. The highest BCUT2D eigenvalue weighted by atomic mass is 16.6. The Labute approximate surface area is 174 Å². The number of ether oxygens (including phenoxy) is 1. The molecule has 1 N–H and O–H groups in total. The third-order valence-corrected chi connectivity index (χ3v) is 5.29. The van der Waals surface area contributed by atoms with Gasteiger partial charge in [0.2, 0.25) is 0 Å². The summed E-state index contributed by atoms with van der Waals surface area (Å²) >= 11 is 0. The van der Waals surface area contributed by atoms with E-state index >= 15 is 0 Å². The van der Waals surface area contributed by atoms with Gasteiger partial charge in [0.05, 0.1) is 18.1 Å². The molecular weight excluding hydrogens is 364 g/mol. The summed E-state index contributed by atoms with van der Waals surface area (Å²) in [5.41, 5.74) is 2.94. The van der Waals surface area contributed by atoms with Gasteiger partial charge in [-0.15, -0.1) is 0 Å². The van der Waals surface area contributed by atoms with E-state index in [1.54, 1.807) is 13.2 Å². The van der Waals surface area contributed by atoms with E-state index in [9.17, 15) is 9.90 Å². The first-order valence-electron chi connectivity index (χ1n) is 10.6. The molecule has 4 nitrogen and oxygen atoms in total. The van der Waals surface area contributed by atoms with Crippen molar-refractivity contribution in [2.45, 2.75) is 66.2 Å². The molecule has 2 rings (SSSR count). The molecule has 2 heterocycles. The van der Waals surface area contributed by atoms with Crippen LogP contribution in [0.25, 0.3) is 0 Å². The molecule has 0 bridgehead atoms. The van der Waals surface area contributed by atoms with E-state index < -0.39 is 5.97 Å². The van der Waals surface area contributed by atoms with Crippen LogP contribution in [0.1, 0.15) is 65.4 Å². The van der Waals surface area contributed by atoms with Crippen LogP contribution in [0.2, 0.25) is 0 Å². The van der Waals surface area contributed by atoms with Crippen LogP contribution in [0.15, 0.2) is 70.0 Å². The van der Waals surface area contributed by atoms with Gasteiger partial charge in [-0.2, -0.15) is 0 Å². The molecule has 158 valence electrons. The van der Waals surface area contributed by atoms with Gasteiger partial charge in [-0.05, 0) is 75.5 Å². The highest BCUT2D eigenvalue weighted by Crippen LogP contribution is 2.26. The van der Waals surface area contributed by atoms with E-state index in [2.05, 4.69) is 39.0 Å². The van der Waals surface area contributed by atoms with Gasteiger partial charge < -0.3 is 14.3 Å². The summed E-state index contributed by atoms with van der Waals surface area (Å²) in [6.45, 7) is 8.07. The number of allylic oxidation sites excluding steroid dienone is 5. The maximum atomic E-state index is 11.4. The van der Waals surface area contributed by atoms with Gasteiger partial charge in [-0.1, -0.05) is 44.1 Å². The molecule has 0 spiro atoms. The van der Waals surface area contributed by atoms with Crippen molar-refractivity contribution in [3.8, 4) is 0 Å². The minimum absolute atomic E-state index is 0.0231. The Kier molecular flexibility index (Phi) is 9.04. The van der Waals surface area contributed by atoms with Gasteiger partial charge in [0.1, 0.15) is 0 Å². The van der Waals surface area contributed by atoms with Gasteiger partial charge >= 0.3 is 5.97 Å². The van der Waals surface area contributed by atoms with Crippen LogP contribution in [0.4, 0.5) is 0 Å². The minimum atomic E-state index is -0.454.